The predicted octanol–water partition coefficient (Wildman–Crippen LogP) is 4.53. The van der Waals surface area contributed by atoms with Gasteiger partial charge < -0.3 is 52.4 Å². The third-order valence-corrected chi connectivity index (χ3v) is 13.1. The highest BCUT2D eigenvalue weighted by atomic mass is 16.5. The summed E-state index contributed by atoms with van der Waals surface area (Å²) in [6.07, 6.45) is 6.29. The Kier molecular flexibility index (Phi) is 31.6. The molecule has 74 heavy (non-hydrogen) atoms. The van der Waals surface area contributed by atoms with Gasteiger partial charge >= 0.3 is 11.9 Å². The zero-order valence-corrected chi connectivity index (χ0v) is 47.1. The zero-order valence-electron chi connectivity index (χ0n) is 47.1. The minimum absolute atomic E-state index is 0.0788. The van der Waals surface area contributed by atoms with E-state index in [0.717, 1.165) is 45.6 Å². The third-order valence-electron chi connectivity index (χ3n) is 13.1. The SMILES string of the molecule is CC[C@H](C)[C@@H]1NC(=O)[C@@H](CC(C)C)NC(=O)[C@H](CC(=O)OC)NC(=O)[C@H](C(C)C)NC(=O)[C@@H](CC(C)C)NC(=O)[C@H](CC(C)C)NC(=O)[C@H](CCC(N)=O)NC(=O)C[C@H](CCCCCCCCCC(C)C)OC1=O. The fraction of sp³-hybridized carbons (Fsp3) is 0.815. The Morgan fingerprint density at radius 1 is 0.541 bits per heavy atom. The molecule has 20 nitrogen and oxygen atoms in total. The van der Waals surface area contributed by atoms with E-state index in [2.05, 4.69) is 51.1 Å². The molecule has 0 bridgehead atoms. The Balaban J connectivity index is 3.99. The van der Waals surface area contributed by atoms with Crippen molar-refractivity contribution >= 4 is 59.2 Å². The lowest BCUT2D eigenvalue weighted by atomic mass is 9.97. The summed E-state index contributed by atoms with van der Waals surface area (Å²) in [6, 6.07) is -9.22. The second-order valence-electron chi connectivity index (χ2n) is 22.3. The molecule has 1 heterocycles. The summed E-state index contributed by atoms with van der Waals surface area (Å²) in [5.74, 6) is -8.80. The Labute approximate surface area is 441 Å². The lowest BCUT2D eigenvalue weighted by Crippen LogP contribution is -2.61. The first-order valence-corrected chi connectivity index (χ1v) is 27.4. The van der Waals surface area contributed by atoms with Crippen molar-refractivity contribution in [1.82, 2.24) is 37.2 Å². The van der Waals surface area contributed by atoms with E-state index in [0.29, 0.717) is 18.8 Å². The van der Waals surface area contributed by atoms with Crippen LogP contribution >= 0.6 is 0 Å². The third kappa shape index (κ3) is 26.8. The minimum atomic E-state index is -1.59. The van der Waals surface area contributed by atoms with Crippen molar-refractivity contribution in [2.24, 2.45) is 41.2 Å². The maximum absolute atomic E-state index is 14.3. The second kappa shape index (κ2) is 35.0. The first-order chi connectivity index (χ1) is 34.7. The minimum Gasteiger partial charge on any atom is -0.469 e. The lowest BCUT2D eigenvalue weighted by molar-refractivity contribution is -0.156. The highest BCUT2D eigenvalue weighted by Gasteiger charge is 2.38. The van der Waals surface area contributed by atoms with Crippen LogP contribution in [0.15, 0.2) is 0 Å². The molecule has 8 amide bonds. The molecule has 0 aromatic heterocycles. The normalized spacial score (nSPS) is 24.2. The van der Waals surface area contributed by atoms with Gasteiger partial charge in [-0.05, 0) is 74.0 Å². The Morgan fingerprint density at radius 2 is 0.973 bits per heavy atom. The number of amides is 8. The van der Waals surface area contributed by atoms with E-state index in [4.69, 9.17) is 15.2 Å². The van der Waals surface area contributed by atoms with Gasteiger partial charge in [-0.15, -0.1) is 0 Å². The van der Waals surface area contributed by atoms with Crippen molar-refractivity contribution in [2.45, 2.75) is 241 Å². The zero-order chi connectivity index (χ0) is 56.2. The van der Waals surface area contributed by atoms with Crippen LogP contribution in [0, 0.1) is 35.5 Å². The molecule has 0 spiro atoms. The molecule has 1 aliphatic rings. The van der Waals surface area contributed by atoms with Gasteiger partial charge in [-0.25, -0.2) is 4.79 Å². The smallest absolute Gasteiger partial charge is 0.329 e. The van der Waals surface area contributed by atoms with Gasteiger partial charge in [0.25, 0.3) is 0 Å². The molecule has 0 unspecified atom stereocenters. The summed E-state index contributed by atoms with van der Waals surface area (Å²) < 4.78 is 11.0. The standard InChI is InChI=1S/C54H96N8O12/c1-14-36(12)47-54(72)74-37(23-21-19-17-15-16-18-20-22-31(2)3)29-44(64)56-38(24-25-43(55)63)48(66)57-39(26-32(4)5)49(67)58-40(27-33(6)7)51(69)61-46(35(10)11)53(71)60-42(30-45(65)73-13)50(68)59-41(28-34(8)9)52(70)62-47/h31-42,46-47H,14-30H2,1-13H3,(H2,55,63)(H,56,64)(H,57,66)(H,58,67)(H,59,68)(H,60,71)(H,61,69)(H,62,70)/t36-,37-,38-,39-,40+,41+,42-,46-,47-/m0/s1. The molecule has 20 heteroatoms. The number of nitrogens with one attached hydrogen (secondary N) is 7. The van der Waals surface area contributed by atoms with Gasteiger partial charge in [0.05, 0.1) is 20.0 Å². The predicted molar refractivity (Wildman–Crippen MR) is 282 cm³/mol. The number of hydrogen-bond donors (Lipinski definition) is 8. The summed E-state index contributed by atoms with van der Waals surface area (Å²) in [6.45, 7) is 22.2. The number of carbonyl (C=O) groups excluding carboxylic acids is 10. The molecular weight excluding hydrogens is 953 g/mol. The fourth-order valence-electron chi connectivity index (χ4n) is 8.62. The number of carbonyl (C=O) groups is 10. The summed E-state index contributed by atoms with van der Waals surface area (Å²) >= 11 is 0. The topological polar surface area (TPSA) is 299 Å². The van der Waals surface area contributed by atoms with Gasteiger partial charge in [0.2, 0.25) is 47.3 Å². The molecule has 424 valence electrons. The molecule has 1 rings (SSSR count). The average Bonchev–Trinajstić information content (AvgIpc) is 3.30. The molecule has 1 aliphatic heterocycles. The number of hydrogen-bond acceptors (Lipinski definition) is 12. The van der Waals surface area contributed by atoms with Gasteiger partial charge in [0.1, 0.15) is 48.4 Å². The van der Waals surface area contributed by atoms with Gasteiger partial charge in [-0.3, -0.25) is 43.2 Å². The number of primary amides is 1. The molecule has 1 fully saturated rings. The Bertz CT molecular complexity index is 1820. The fourth-order valence-corrected chi connectivity index (χ4v) is 8.62. The van der Waals surface area contributed by atoms with Gasteiger partial charge in [0, 0.05) is 6.42 Å². The van der Waals surface area contributed by atoms with Crippen molar-refractivity contribution in [3.8, 4) is 0 Å². The number of unbranched alkanes of at least 4 members (excludes halogenated alkanes) is 6. The largest absolute Gasteiger partial charge is 0.469 e. The van der Waals surface area contributed by atoms with Crippen LogP contribution in [0.5, 0.6) is 0 Å². The van der Waals surface area contributed by atoms with Gasteiger partial charge in [-0.1, -0.05) is 134 Å². The van der Waals surface area contributed by atoms with E-state index in [-0.39, 0.29) is 62.7 Å². The molecule has 9 N–H and O–H groups in total. The Hall–Kier alpha value is -5.30. The van der Waals surface area contributed by atoms with Crippen molar-refractivity contribution in [3.63, 3.8) is 0 Å². The van der Waals surface area contributed by atoms with Gasteiger partial charge in [0.15, 0.2) is 0 Å². The summed E-state index contributed by atoms with van der Waals surface area (Å²) in [5, 5.41) is 18.9. The van der Waals surface area contributed by atoms with Crippen molar-refractivity contribution in [3.05, 3.63) is 0 Å². The number of rotatable bonds is 24. The highest BCUT2D eigenvalue weighted by Crippen LogP contribution is 2.20. The number of methoxy groups -OCH3 is 1. The second-order valence-corrected chi connectivity index (χ2v) is 22.3. The monoisotopic (exact) mass is 1050 g/mol. The maximum atomic E-state index is 14.3. The van der Waals surface area contributed by atoms with Crippen molar-refractivity contribution in [1.29, 1.82) is 0 Å². The molecule has 0 radical (unpaired) electrons. The van der Waals surface area contributed by atoms with E-state index in [1.54, 1.807) is 20.8 Å². The molecule has 0 aromatic rings. The van der Waals surface area contributed by atoms with Crippen LogP contribution in [0.4, 0.5) is 0 Å². The summed E-state index contributed by atoms with van der Waals surface area (Å²) in [5.41, 5.74) is 5.51. The summed E-state index contributed by atoms with van der Waals surface area (Å²) in [4.78, 5) is 138. The van der Waals surface area contributed by atoms with Crippen LogP contribution in [0.2, 0.25) is 0 Å². The molecule has 0 aliphatic carbocycles. The van der Waals surface area contributed by atoms with Crippen molar-refractivity contribution in [2.75, 3.05) is 7.11 Å². The van der Waals surface area contributed by atoms with Gasteiger partial charge in [-0.2, -0.15) is 0 Å². The van der Waals surface area contributed by atoms with Crippen LogP contribution in [-0.4, -0.2) is 115 Å². The number of nitrogens with two attached hydrogens (primary N) is 1. The van der Waals surface area contributed by atoms with Crippen LogP contribution in [0.25, 0.3) is 0 Å². The average molecular weight is 1050 g/mol. The highest BCUT2D eigenvalue weighted by molar-refractivity contribution is 5.98. The first kappa shape index (κ1) is 66.7. The molecular formula is C54H96N8O12. The van der Waals surface area contributed by atoms with Crippen LogP contribution in [0.3, 0.4) is 0 Å². The number of cyclic esters (lactones) is 1. The maximum Gasteiger partial charge on any atom is 0.329 e. The number of esters is 2. The first-order valence-electron chi connectivity index (χ1n) is 27.4. The van der Waals surface area contributed by atoms with E-state index in [1.165, 1.54) is 6.42 Å². The number of ether oxygens (including phenoxy) is 2. The van der Waals surface area contributed by atoms with E-state index < -0.39 is 126 Å². The molecule has 9 atom stereocenters. The van der Waals surface area contributed by atoms with Crippen LogP contribution in [0.1, 0.15) is 192 Å². The van der Waals surface area contributed by atoms with Crippen LogP contribution < -0.4 is 43.0 Å². The quantitative estimate of drug-likeness (QED) is 0.0489. The van der Waals surface area contributed by atoms with E-state index in [9.17, 15) is 47.9 Å². The molecule has 0 aromatic carbocycles. The van der Waals surface area contributed by atoms with E-state index in [1.807, 2.05) is 48.5 Å². The van der Waals surface area contributed by atoms with Crippen LogP contribution in [-0.2, 0) is 57.4 Å². The lowest BCUT2D eigenvalue weighted by Gasteiger charge is -2.30. The van der Waals surface area contributed by atoms with E-state index >= 15 is 0 Å². The molecule has 1 saturated heterocycles. The van der Waals surface area contributed by atoms with Crippen molar-refractivity contribution < 1.29 is 57.4 Å². The molecule has 0 saturated carbocycles. The Morgan fingerprint density at radius 3 is 1.42 bits per heavy atom. The summed E-state index contributed by atoms with van der Waals surface area (Å²) in [7, 11) is 1.11.